The summed E-state index contributed by atoms with van der Waals surface area (Å²) in [6.45, 7) is 8.31. The van der Waals surface area contributed by atoms with Gasteiger partial charge >= 0.3 is 0 Å². The standard InChI is InChI=1S/C18H27N3O.ClH/c1-2-17(15-6-4-3-5-7-15)18(22)21-11-8-16(14-21)20-12-9-19-10-13-20;/h3-7,16-17,19H,2,8-14H2,1H3;1H. The summed E-state index contributed by atoms with van der Waals surface area (Å²) in [4.78, 5) is 17.5. The van der Waals surface area contributed by atoms with Gasteiger partial charge < -0.3 is 10.2 Å². The zero-order valence-corrected chi connectivity index (χ0v) is 14.7. The molecule has 1 aromatic carbocycles. The van der Waals surface area contributed by atoms with E-state index in [1.54, 1.807) is 0 Å². The van der Waals surface area contributed by atoms with Gasteiger partial charge in [-0.1, -0.05) is 37.3 Å². The predicted molar refractivity (Wildman–Crippen MR) is 96.1 cm³/mol. The molecule has 0 spiro atoms. The average Bonchev–Trinajstić information content (AvgIpc) is 3.07. The van der Waals surface area contributed by atoms with Crippen molar-refractivity contribution >= 4 is 18.3 Å². The summed E-state index contributed by atoms with van der Waals surface area (Å²) in [5, 5.41) is 3.40. The molecule has 2 saturated heterocycles. The van der Waals surface area contributed by atoms with Gasteiger partial charge in [0.25, 0.3) is 0 Å². The third-order valence-corrected chi connectivity index (χ3v) is 5.05. The van der Waals surface area contributed by atoms with Gasteiger partial charge in [0, 0.05) is 45.3 Å². The Morgan fingerprint density at radius 1 is 1.22 bits per heavy atom. The van der Waals surface area contributed by atoms with Gasteiger partial charge in [-0.05, 0) is 18.4 Å². The summed E-state index contributed by atoms with van der Waals surface area (Å²) in [5.41, 5.74) is 1.15. The van der Waals surface area contributed by atoms with E-state index in [-0.39, 0.29) is 18.3 Å². The van der Waals surface area contributed by atoms with Gasteiger partial charge in [0.15, 0.2) is 0 Å². The minimum Gasteiger partial charge on any atom is -0.341 e. The summed E-state index contributed by atoms with van der Waals surface area (Å²) >= 11 is 0. The van der Waals surface area contributed by atoms with E-state index < -0.39 is 0 Å². The van der Waals surface area contributed by atoms with E-state index in [0.717, 1.165) is 57.7 Å². The Labute approximate surface area is 145 Å². The number of hydrogen-bond acceptors (Lipinski definition) is 3. The highest BCUT2D eigenvalue weighted by atomic mass is 35.5. The Morgan fingerprint density at radius 2 is 1.91 bits per heavy atom. The third-order valence-electron chi connectivity index (χ3n) is 5.05. The zero-order chi connectivity index (χ0) is 15.4. The van der Waals surface area contributed by atoms with Gasteiger partial charge in [0.1, 0.15) is 0 Å². The average molecular weight is 338 g/mol. The van der Waals surface area contributed by atoms with Crippen molar-refractivity contribution < 1.29 is 4.79 Å². The summed E-state index contributed by atoms with van der Waals surface area (Å²) in [7, 11) is 0. The second kappa shape index (κ2) is 8.67. The second-order valence-electron chi connectivity index (χ2n) is 6.38. The number of halogens is 1. The fourth-order valence-corrected chi connectivity index (χ4v) is 3.75. The molecule has 2 heterocycles. The molecule has 2 aliphatic heterocycles. The largest absolute Gasteiger partial charge is 0.341 e. The number of rotatable bonds is 4. The fourth-order valence-electron chi connectivity index (χ4n) is 3.75. The van der Waals surface area contributed by atoms with Crippen molar-refractivity contribution in [2.24, 2.45) is 0 Å². The maximum atomic E-state index is 12.9. The van der Waals surface area contributed by atoms with Crippen LogP contribution >= 0.6 is 12.4 Å². The van der Waals surface area contributed by atoms with Crippen molar-refractivity contribution in [1.29, 1.82) is 0 Å². The lowest BCUT2D eigenvalue weighted by atomic mass is 9.95. The molecule has 23 heavy (non-hydrogen) atoms. The molecular formula is C18H28ClN3O. The van der Waals surface area contributed by atoms with Crippen molar-refractivity contribution in [3.05, 3.63) is 35.9 Å². The lowest BCUT2D eigenvalue weighted by molar-refractivity contribution is -0.132. The number of nitrogens with one attached hydrogen (secondary N) is 1. The molecule has 0 radical (unpaired) electrons. The van der Waals surface area contributed by atoms with Crippen LogP contribution in [0.15, 0.2) is 30.3 Å². The first-order valence-corrected chi connectivity index (χ1v) is 8.58. The number of amides is 1. The van der Waals surface area contributed by atoms with Crippen molar-refractivity contribution in [2.75, 3.05) is 39.3 Å². The lowest BCUT2D eigenvalue weighted by Gasteiger charge is -2.32. The Kier molecular flexibility index (Phi) is 6.88. The Morgan fingerprint density at radius 3 is 2.57 bits per heavy atom. The maximum Gasteiger partial charge on any atom is 0.230 e. The number of likely N-dealkylation sites (tertiary alicyclic amines) is 1. The number of carbonyl (C=O) groups excluding carboxylic acids is 1. The van der Waals surface area contributed by atoms with Gasteiger partial charge in [0.05, 0.1) is 5.92 Å². The third kappa shape index (κ3) is 4.25. The molecule has 4 nitrogen and oxygen atoms in total. The highest BCUT2D eigenvalue weighted by molar-refractivity contribution is 5.85. The molecule has 1 aromatic rings. The Balaban J connectivity index is 0.00000192. The number of carbonyl (C=O) groups is 1. The van der Waals surface area contributed by atoms with Gasteiger partial charge in [0.2, 0.25) is 5.91 Å². The first-order chi connectivity index (χ1) is 10.8. The highest BCUT2D eigenvalue weighted by Gasteiger charge is 2.33. The van der Waals surface area contributed by atoms with Gasteiger partial charge in [-0.3, -0.25) is 9.69 Å². The molecule has 0 aromatic heterocycles. The second-order valence-corrected chi connectivity index (χ2v) is 6.38. The van der Waals surface area contributed by atoms with Crippen LogP contribution in [0.4, 0.5) is 0 Å². The first kappa shape index (κ1) is 18.2. The molecule has 0 aliphatic carbocycles. The minimum absolute atomic E-state index is 0. The summed E-state index contributed by atoms with van der Waals surface area (Å²) in [5.74, 6) is 0.328. The van der Waals surface area contributed by atoms with Crippen LogP contribution in [0.5, 0.6) is 0 Å². The number of benzene rings is 1. The van der Waals surface area contributed by atoms with E-state index in [2.05, 4.69) is 34.2 Å². The van der Waals surface area contributed by atoms with E-state index in [4.69, 9.17) is 0 Å². The van der Waals surface area contributed by atoms with Crippen LogP contribution < -0.4 is 5.32 Å². The van der Waals surface area contributed by atoms with Crippen LogP contribution in [-0.4, -0.2) is 61.0 Å². The minimum atomic E-state index is 0. The number of piperazine rings is 1. The van der Waals surface area contributed by atoms with Crippen molar-refractivity contribution in [3.8, 4) is 0 Å². The van der Waals surface area contributed by atoms with Crippen LogP contribution in [0.25, 0.3) is 0 Å². The maximum absolute atomic E-state index is 12.9. The van der Waals surface area contributed by atoms with Crippen LogP contribution in [-0.2, 0) is 4.79 Å². The van der Waals surface area contributed by atoms with E-state index in [1.807, 2.05) is 18.2 Å². The molecule has 2 fully saturated rings. The molecule has 2 aliphatic rings. The molecule has 0 saturated carbocycles. The van der Waals surface area contributed by atoms with Crippen molar-refractivity contribution in [1.82, 2.24) is 15.1 Å². The number of hydrogen-bond donors (Lipinski definition) is 1. The van der Waals surface area contributed by atoms with E-state index in [1.165, 1.54) is 0 Å². The van der Waals surface area contributed by atoms with Gasteiger partial charge in [-0.25, -0.2) is 0 Å². The molecule has 1 N–H and O–H groups in total. The summed E-state index contributed by atoms with van der Waals surface area (Å²) in [6.07, 6.45) is 1.99. The smallest absolute Gasteiger partial charge is 0.230 e. The molecule has 2 atom stereocenters. The normalized spacial score (nSPS) is 23.3. The fraction of sp³-hybridized carbons (Fsp3) is 0.611. The van der Waals surface area contributed by atoms with E-state index in [9.17, 15) is 4.79 Å². The van der Waals surface area contributed by atoms with Gasteiger partial charge in [-0.15, -0.1) is 12.4 Å². The Hall–Kier alpha value is -1.10. The molecule has 5 heteroatoms. The molecule has 3 rings (SSSR count). The van der Waals surface area contributed by atoms with E-state index >= 15 is 0 Å². The quantitative estimate of drug-likeness (QED) is 0.914. The summed E-state index contributed by atoms with van der Waals surface area (Å²) in [6, 6.07) is 10.8. The van der Waals surface area contributed by atoms with Crippen molar-refractivity contribution in [2.45, 2.75) is 31.7 Å². The summed E-state index contributed by atoms with van der Waals surface area (Å²) < 4.78 is 0. The van der Waals surface area contributed by atoms with Gasteiger partial charge in [-0.2, -0.15) is 0 Å². The van der Waals surface area contributed by atoms with Crippen molar-refractivity contribution in [3.63, 3.8) is 0 Å². The molecular weight excluding hydrogens is 310 g/mol. The monoisotopic (exact) mass is 337 g/mol. The van der Waals surface area contributed by atoms with E-state index in [0.29, 0.717) is 11.9 Å². The predicted octanol–water partition coefficient (Wildman–Crippen LogP) is 2.11. The van der Waals surface area contributed by atoms with Crippen LogP contribution in [0, 0.1) is 0 Å². The zero-order valence-electron chi connectivity index (χ0n) is 13.9. The highest BCUT2D eigenvalue weighted by Crippen LogP contribution is 2.25. The molecule has 2 unspecified atom stereocenters. The lowest BCUT2D eigenvalue weighted by Crippen LogP contribution is -2.49. The van der Waals surface area contributed by atoms with Crippen LogP contribution in [0.1, 0.15) is 31.2 Å². The van der Waals surface area contributed by atoms with Crippen LogP contribution in [0.2, 0.25) is 0 Å². The molecule has 128 valence electrons. The molecule has 0 bridgehead atoms. The SMILES string of the molecule is CCC(C(=O)N1CCC(N2CCNCC2)C1)c1ccccc1.Cl. The molecule has 1 amide bonds. The van der Waals surface area contributed by atoms with Crippen LogP contribution in [0.3, 0.4) is 0 Å². The first-order valence-electron chi connectivity index (χ1n) is 8.58. The topological polar surface area (TPSA) is 35.6 Å². The number of nitrogens with zero attached hydrogens (tertiary/aromatic N) is 2. The Bertz CT molecular complexity index is 490.